The second-order valence-corrected chi connectivity index (χ2v) is 7.77. The molecule has 114 valence electrons. The van der Waals surface area contributed by atoms with Crippen molar-refractivity contribution in [2.75, 3.05) is 11.1 Å². The van der Waals surface area contributed by atoms with E-state index in [1.807, 2.05) is 13.8 Å². The van der Waals surface area contributed by atoms with Crippen LogP contribution >= 0.6 is 23.1 Å². The molecule has 6 nitrogen and oxygen atoms in total. The molecule has 2 amide bonds. The van der Waals surface area contributed by atoms with Gasteiger partial charge in [-0.15, -0.1) is 23.1 Å². The lowest BCUT2D eigenvalue weighted by atomic mass is 10.2. The first-order valence-electron chi connectivity index (χ1n) is 6.85. The van der Waals surface area contributed by atoms with E-state index in [9.17, 15) is 14.7 Å². The highest BCUT2D eigenvalue weighted by Crippen LogP contribution is 2.45. The van der Waals surface area contributed by atoms with Crippen LogP contribution in [0, 0.1) is 19.8 Å². The minimum atomic E-state index is -0.938. The zero-order chi connectivity index (χ0) is 15.1. The molecule has 0 radical (unpaired) electrons. The number of carbonyl (C=O) groups is 2. The number of nitrogens with one attached hydrogen (secondary N) is 1. The summed E-state index contributed by atoms with van der Waals surface area (Å²) in [5.74, 6) is -0.0444. The number of thiazole rings is 1. The third-order valence-electron chi connectivity index (χ3n) is 3.82. The maximum Gasteiger partial charge on any atom is 0.327 e. The van der Waals surface area contributed by atoms with Crippen LogP contribution in [0.2, 0.25) is 0 Å². The molecule has 21 heavy (non-hydrogen) atoms. The Kier molecular flexibility index (Phi) is 3.83. The monoisotopic (exact) mass is 327 g/mol. The van der Waals surface area contributed by atoms with Crippen LogP contribution in [-0.2, 0) is 4.79 Å². The number of aryl methyl sites for hydroxylation is 2. The fraction of sp³-hybridized carbons (Fsp3) is 0.615. The van der Waals surface area contributed by atoms with Gasteiger partial charge in [-0.1, -0.05) is 0 Å². The second kappa shape index (κ2) is 5.49. The zero-order valence-electron chi connectivity index (χ0n) is 11.8. The Morgan fingerprint density at radius 2 is 2.10 bits per heavy atom. The first-order valence-corrected chi connectivity index (χ1v) is 8.71. The van der Waals surface area contributed by atoms with Crippen LogP contribution in [0.25, 0.3) is 0 Å². The highest BCUT2D eigenvalue weighted by Gasteiger charge is 2.48. The van der Waals surface area contributed by atoms with Gasteiger partial charge >= 0.3 is 12.0 Å². The maximum absolute atomic E-state index is 12.5. The quantitative estimate of drug-likeness (QED) is 0.891. The van der Waals surface area contributed by atoms with Gasteiger partial charge in [-0.3, -0.25) is 10.2 Å². The number of hydrogen-bond acceptors (Lipinski definition) is 5. The molecule has 0 bridgehead atoms. The molecule has 2 fully saturated rings. The number of urea groups is 1. The first-order chi connectivity index (χ1) is 9.97. The van der Waals surface area contributed by atoms with Crippen LogP contribution in [0.1, 0.15) is 23.4 Å². The van der Waals surface area contributed by atoms with E-state index in [1.165, 1.54) is 16.2 Å². The molecule has 0 spiro atoms. The lowest BCUT2D eigenvalue weighted by Crippen LogP contribution is -2.48. The smallest absolute Gasteiger partial charge is 0.327 e. The number of nitrogens with zero attached hydrogens (tertiary/aromatic N) is 2. The summed E-state index contributed by atoms with van der Waals surface area (Å²) in [6.45, 7) is 3.83. The van der Waals surface area contributed by atoms with Crippen molar-refractivity contribution in [3.63, 3.8) is 0 Å². The number of aromatic nitrogens is 1. The molecule has 1 aromatic rings. The van der Waals surface area contributed by atoms with Crippen molar-refractivity contribution < 1.29 is 14.7 Å². The number of rotatable bonds is 3. The van der Waals surface area contributed by atoms with Crippen LogP contribution in [0.5, 0.6) is 0 Å². The molecule has 2 atom stereocenters. The molecule has 2 N–H and O–H groups in total. The van der Waals surface area contributed by atoms with Crippen LogP contribution < -0.4 is 5.32 Å². The third kappa shape index (κ3) is 2.87. The Bertz CT molecular complexity index is 566. The topological polar surface area (TPSA) is 82.5 Å². The van der Waals surface area contributed by atoms with E-state index in [-0.39, 0.29) is 11.4 Å². The molecule has 1 saturated carbocycles. The molecule has 1 aliphatic heterocycles. The van der Waals surface area contributed by atoms with Gasteiger partial charge in [0.05, 0.1) is 11.1 Å². The Balaban J connectivity index is 1.77. The summed E-state index contributed by atoms with van der Waals surface area (Å²) in [6.07, 6.45) is 2.15. The number of aliphatic carboxylic acids is 1. The predicted molar refractivity (Wildman–Crippen MR) is 82.8 cm³/mol. The van der Waals surface area contributed by atoms with Gasteiger partial charge in [0.25, 0.3) is 0 Å². The number of hydrogen-bond donors (Lipinski definition) is 2. The van der Waals surface area contributed by atoms with E-state index in [0.717, 1.165) is 23.4 Å². The van der Waals surface area contributed by atoms with Crippen LogP contribution in [0.4, 0.5) is 9.93 Å². The molecule has 8 heteroatoms. The SMILES string of the molecule is Cc1nc(NC(=O)N2C(C(=O)O)CSC2C2CC2)sc1C. The molecule has 2 unspecified atom stereocenters. The van der Waals surface area contributed by atoms with Gasteiger partial charge in [-0.25, -0.2) is 14.6 Å². The summed E-state index contributed by atoms with van der Waals surface area (Å²) < 4.78 is 0. The van der Waals surface area contributed by atoms with Crippen molar-refractivity contribution in [2.24, 2.45) is 5.92 Å². The summed E-state index contributed by atoms with van der Waals surface area (Å²) in [7, 11) is 0. The molecular formula is C13H17N3O3S2. The van der Waals surface area contributed by atoms with Gasteiger partial charge in [-0.2, -0.15) is 0 Å². The fourth-order valence-electron chi connectivity index (χ4n) is 2.40. The summed E-state index contributed by atoms with van der Waals surface area (Å²) in [5, 5.41) is 12.6. The lowest BCUT2D eigenvalue weighted by molar-refractivity contribution is -0.141. The van der Waals surface area contributed by atoms with E-state index in [4.69, 9.17) is 0 Å². The first kappa shape index (κ1) is 14.6. The normalized spacial score (nSPS) is 25.1. The fourth-order valence-corrected chi connectivity index (χ4v) is 4.84. The average Bonchev–Trinajstić information content (AvgIpc) is 3.07. The average molecular weight is 327 g/mol. The van der Waals surface area contributed by atoms with E-state index < -0.39 is 12.0 Å². The number of thioether (sulfide) groups is 1. The Morgan fingerprint density at radius 3 is 2.62 bits per heavy atom. The number of carboxylic acids is 1. The molecule has 2 heterocycles. The van der Waals surface area contributed by atoms with Gasteiger partial charge in [0.15, 0.2) is 5.13 Å². The minimum absolute atomic E-state index is 0.0201. The Morgan fingerprint density at radius 1 is 1.38 bits per heavy atom. The molecule has 1 aliphatic carbocycles. The van der Waals surface area contributed by atoms with Crippen molar-refractivity contribution in [2.45, 2.75) is 38.1 Å². The van der Waals surface area contributed by atoms with Gasteiger partial charge < -0.3 is 5.11 Å². The lowest BCUT2D eigenvalue weighted by Gasteiger charge is -2.26. The predicted octanol–water partition coefficient (Wildman–Crippen LogP) is 2.53. The van der Waals surface area contributed by atoms with Crippen molar-refractivity contribution in [3.8, 4) is 0 Å². The molecule has 3 rings (SSSR count). The van der Waals surface area contributed by atoms with Crippen molar-refractivity contribution in [1.29, 1.82) is 0 Å². The summed E-state index contributed by atoms with van der Waals surface area (Å²) in [6, 6.07) is -1.10. The molecule has 0 aromatic carbocycles. The molecule has 1 aromatic heterocycles. The number of carbonyl (C=O) groups excluding carboxylic acids is 1. The zero-order valence-corrected chi connectivity index (χ0v) is 13.5. The van der Waals surface area contributed by atoms with Crippen molar-refractivity contribution in [3.05, 3.63) is 10.6 Å². The largest absolute Gasteiger partial charge is 0.480 e. The standard InChI is InChI=1S/C13H17N3O3S2/c1-6-7(2)21-12(14-6)15-13(19)16-9(11(17)18)5-20-10(16)8-3-4-8/h8-10H,3-5H2,1-2H3,(H,17,18)(H,14,15,19). The number of anilines is 1. The Hall–Kier alpha value is -1.28. The second-order valence-electron chi connectivity index (χ2n) is 5.41. The molecule has 1 saturated heterocycles. The van der Waals surface area contributed by atoms with Crippen molar-refractivity contribution in [1.82, 2.24) is 9.88 Å². The van der Waals surface area contributed by atoms with Crippen LogP contribution in [0.3, 0.4) is 0 Å². The van der Waals surface area contributed by atoms with Gasteiger partial charge in [0, 0.05) is 10.6 Å². The summed E-state index contributed by atoms with van der Waals surface area (Å²) in [4.78, 5) is 30.7. The van der Waals surface area contributed by atoms with Crippen LogP contribution in [0.15, 0.2) is 0 Å². The minimum Gasteiger partial charge on any atom is -0.480 e. The van der Waals surface area contributed by atoms with E-state index >= 15 is 0 Å². The molecular weight excluding hydrogens is 310 g/mol. The summed E-state index contributed by atoms with van der Waals surface area (Å²) >= 11 is 2.98. The van der Waals surface area contributed by atoms with Crippen LogP contribution in [-0.4, -0.2) is 44.2 Å². The molecule has 2 aliphatic rings. The van der Waals surface area contributed by atoms with E-state index in [2.05, 4.69) is 10.3 Å². The van der Waals surface area contributed by atoms with Gasteiger partial charge in [0.1, 0.15) is 6.04 Å². The van der Waals surface area contributed by atoms with Crippen molar-refractivity contribution >= 4 is 40.2 Å². The summed E-state index contributed by atoms with van der Waals surface area (Å²) in [5.41, 5.74) is 0.889. The highest BCUT2D eigenvalue weighted by atomic mass is 32.2. The van der Waals surface area contributed by atoms with E-state index in [1.54, 1.807) is 11.8 Å². The van der Waals surface area contributed by atoms with E-state index in [0.29, 0.717) is 16.8 Å². The highest BCUT2D eigenvalue weighted by molar-refractivity contribution is 8.00. The third-order valence-corrected chi connectivity index (χ3v) is 6.27. The Labute approximate surface area is 130 Å². The van der Waals surface area contributed by atoms with Gasteiger partial charge in [0.2, 0.25) is 0 Å². The number of amides is 2. The number of carboxylic acid groups (broad SMARTS) is 1. The van der Waals surface area contributed by atoms with Gasteiger partial charge in [-0.05, 0) is 32.6 Å². The maximum atomic E-state index is 12.5.